The molecule has 1 atom stereocenters. The number of thiophene rings is 1. The average Bonchev–Trinajstić information content (AvgIpc) is 3.35. The van der Waals surface area contributed by atoms with Crippen molar-refractivity contribution in [1.82, 2.24) is 19.7 Å². The monoisotopic (exact) mass is 583 g/mol. The van der Waals surface area contributed by atoms with E-state index in [4.69, 9.17) is 4.74 Å². The molecule has 0 aliphatic carbocycles. The first kappa shape index (κ1) is 28.1. The highest BCUT2D eigenvalue weighted by Crippen LogP contribution is 2.39. The first-order chi connectivity index (χ1) is 18.8. The molecule has 216 valence electrons. The second-order valence-electron chi connectivity index (χ2n) is 10.5. The van der Waals surface area contributed by atoms with E-state index in [1.807, 2.05) is 0 Å². The Kier molecular flexibility index (Phi) is 7.15. The average molecular weight is 584 g/mol. The lowest BCUT2D eigenvalue weighted by Crippen LogP contribution is -2.58. The van der Waals surface area contributed by atoms with E-state index in [2.05, 4.69) is 15.2 Å². The van der Waals surface area contributed by atoms with E-state index in [9.17, 15) is 37.5 Å². The number of piperidine rings is 2. The van der Waals surface area contributed by atoms with Gasteiger partial charge < -0.3 is 14.7 Å². The van der Waals surface area contributed by atoms with Crippen LogP contribution in [-0.4, -0.2) is 92.7 Å². The normalized spacial score (nSPS) is 22.9. The van der Waals surface area contributed by atoms with Gasteiger partial charge >= 0.3 is 18.4 Å². The summed E-state index contributed by atoms with van der Waals surface area (Å²) < 4.78 is 45.1. The van der Waals surface area contributed by atoms with Crippen molar-refractivity contribution >= 4 is 50.6 Å². The number of imide groups is 1. The van der Waals surface area contributed by atoms with Crippen LogP contribution in [0.2, 0.25) is 0 Å². The summed E-state index contributed by atoms with van der Waals surface area (Å²) in [6, 6.07) is 1.62. The van der Waals surface area contributed by atoms with Crippen molar-refractivity contribution < 1.29 is 42.2 Å². The molecule has 5 rings (SSSR count). The molecule has 1 unspecified atom stereocenters. The number of fused-ring (bicyclic) bond motifs is 1. The number of carbonyl (C=O) groups excluding carboxylic acids is 3. The molecular weight excluding hydrogens is 555 g/mol. The molecular formula is C25H28F3N5O6S. The molecule has 0 radical (unpaired) electrons. The topological polar surface area (TPSA) is 132 Å². The number of halogens is 3. The second-order valence-corrected chi connectivity index (χ2v) is 11.5. The van der Waals surface area contributed by atoms with E-state index >= 15 is 0 Å². The van der Waals surface area contributed by atoms with E-state index in [0.717, 1.165) is 17.0 Å². The Balaban J connectivity index is 1.31. The number of ether oxygens (including phenoxy) is 1. The highest BCUT2D eigenvalue weighted by molar-refractivity contribution is 7.23. The number of likely N-dealkylation sites (tertiary alicyclic amines) is 2. The van der Waals surface area contributed by atoms with E-state index < -0.39 is 35.6 Å². The Morgan fingerprint density at radius 1 is 1.20 bits per heavy atom. The van der Waals surface area contributed by atoms with Gasteiger partial charge in [-0.2, -0.15) is 13.2 Å². The number of amides is 4. The van der Waals surface area contributed by atoms with Crippen LogP contribution in [0.3, 0.4) is 0 Å². The summed E-state index contributed by atoms with van der Waals surface area (Å²) in [5.74, 6) is -0.826. The van der Waals surface area contributed by atoms with E-state index in [1.54, 1.807) is 18.7 Å². The van der Waals surface area contributed by atoms with Gasteiger partial charge in [0.15, 0.2) is 0 Å². The van der Waals surface area contributed by atoms with Gasteiger partial charge in [-0.05, 0) is 58.2 Å². The molecule has 40 heavy (non-hydrogen) atoms. The van der Waals surface area contributed by atoms with Crippen LogP contribution in [0.1, 0.15) is 55.6 Å². The molecule has 0 saturated carbocycles. The van der Waals surface area contributed by atoms with E-state index in [0.29, 0.717) is 56.7 Å². The quantitative estimate of drug-likeness (QED) is 0.547. The Hall–Kier alpha value is -3.46. The zero-order valence-electron chi connectivity index (χ0n) is 21.8. The van der Waals surface area contributed by atoms with Crippen LogP contribution in [0, 0.1) is 0 Å². The fraction of sp³-hybridized carbons (Fsp3) is 0.560. The summed E-state index contributed by atoms with van der Waals surface area (Å²) in [5.41, 5.74) is -2.37. The third kappa shape index (κ3) is 4.96. The molecule has 0 bridgehead atoms. The number of aromatic nitrogens is 1. The highest BCUT2D eigenvalue weighted by Gasteiger charge is 2.57. The lowest BCUT2D eigenvalue weighted by molar-refractivity contribution is -0.143. The minimum atomic E-state index is -4.69. The van der Waals surface area contributed by atoms with Crippen molar-refractivity contribution in [3.05, 3.63) is 23.4 Å². The first-order valence-electron chi connectivity index (χ1n) is 12.9. The Bertz CT molecular complexity index is 1370. The smallest absolute Gasteiger partial charge is 0.433 e. The Morgan fingerprint density at radius 3 is 2.50 bits per heavy atom. The van der Waals surface area contributed by atoms with Crippen LogP contribution in [0.5, 0.6) is 0 Å². The minimum absolute atomic E-state index is 0.0210. The predicted octanol–water partition coefficient (Wildman–Crippen LogP) is 4.23. The van der Waals surface area contributed by atoms with Gasteiger partial charge in [0.2, 0.25) is 5.60 Å². The number of nitrogens with zero attached hydrogens (tertiary/aromatic N) is 4. The highest BCUT2D eigenvalue weighted by atomic mass is 32.1. The SMILES string of the molecule is CC(C)N1C(=O)OC2(CCCN(C3CCN(C(=O)c4c(NC(=O)O)sc5nc(C(F)(F)F)ccc45)CC3)C2)C1=O. The summed E-state index contributed by atoms with van der Waals surface area (Å²) in [7, 11) is 0. The van der Waals surface area contributed by atoms with Crippen molar-refractivity contribution in [3.63, 3.8) is 0 Å². The Morgan fingerprint density at radius 2 is 1.90 bits per heavy atom. The van der Waals surface area contributed by atoms with Crippen LogP contribution >= 0.6 is 11.3 Å². The maximum Gasteiger partial charge on any atom is 0.433 e. The number of rotatable bonds is 4. The first-order valence-corrected chi connectivity index (χ1v) is 13.7. The molecule has 3 saturated heterocycles. The summed E-state index contributed by atoms with van der Waals surface area (Å²) >= 11 is 0.675. The molecule has 15 heteroatoms. The van der Waals surface area contributed by atoms with Gasteiger partial charge in [-0.1, -0.05) is 11.3 Å². The molecule has 1 spiro atoms. The maximum atomic E-state index is 13.6. The fourth-order valence-corrected chi connectivity index (χ4v) is 6.81. The van der Waals surface area contributed by atoms with Crippen molar-refractivity contribution in [2.75, 3.05) is 31.5 Å². The summed E-state index contributed by atoms with van der Waals surface area (Å²) in [5, 5.41) is 11.4. The van der Waals surface area contributed by atoms with Gasteiger partial charge in [0.25, 0.3) is 11.8 Å². The second kappa shape index (κ2) is 10.2. The van der Waals surface area contributed by atoms with Crippen molar-refractivity contribution in [2.24, 2.45) is 0 Å². The maximum absolute atomic E-state index is 13.6. The number of carboxylic acid groups (broad SMARTS) is 1. The molecule has 0 aromatic carbocycles. The van der Waals surface area contributed by atoms with Gasteiger partial charge in [0.1, 0.15) is 15.5 Å². The molecule has 3 aliphatic heterocycles. The summed E-state index contributed by atoms with van der Waals surface area (Å²) in [6.45, 7) is 5.12. The minimum Gasteiger partial charge on any atom is -0.465 e. The van der Waals surface area contributed by atoms with Crippen LogP contribution in [0.25, 0.3) is 10.2 Å². The molecule has 3 fully saturated rings. The standard InChI is InChI=1S/C25H28F3N5O6S/c1-13(2)33-21(35)24(39-23(33)38)8-3-9-32(12-24)14-6-10-31(11-7-14)20(34)17-15-4-5-16(25(26,27)28)29-18(15)40-19(17)30-22(36)37/h4-5,13-14,30H,3,6-12H2,1-2H3,(H,36,37). The van der Waals surface area contributed by atoms with E-state index in [-0.39, 0.29) is 45.3 Å². The van der Waals surface area contributed by atoms with Gasteiger partial charge in [-0.3, -0.25) is 19.8 Å². The van der Waals surface area contributed by atoms with Crippen LogP contribution < -0.4 is 5.32 Å². The number of nitrogens with one attached hydrogen (secondary N) is 1. The predicted molar refractivity (Wildman–Crippen MR) is 137 cm³/mol. The molecule has 2 aromatic heterocycles. The molecule has 11 nitrogen and oxygen atoms in total. The molecule has 5 heterocycles. The largest absolute Gasteiger partial charge is 0.465 e. The number of carbonyl (C=O) groups is 4. The van der Waals surface area contributed by atoms with Gasteiger partial charge in [-0.25, -0.2) is 19.5 Å². The zero-order chi connectivity index (χ0) is 29.0. The van der Waals surface area contributed by atoms with Gasteiger partial charge in [0, 0.05) is 37.1 Å². The van der Waals surface area contributed by atoms with Crippen LogP contribution in [0.4, 0.5) is 27.8 Å². The number of alkyl halides is 3. The zero-order valence-corrected chi connectivity index (χ0v) is 22.6. The summed E-state index contributed by atoms with van der Waals surface area (Å²) in [6.07, 6.45) is -4.55. The molecule has 2 aromatic rings. The van der Waals surface area contributed by atoms with Crippen molar-refractivity contribution in [2.45, 2.75) is 63.4 Å². The Labute approximate surface area is 230 Å². The van der Waals surface area contributed by atoms with Crippen LogP contribution in [0.15, 0.2) is 12.1 Å². The summed E-state index contributed by atoms with van der Waals surface area (Å²) in [4.78, 5) is 58.8. The number of pyridine rings is 1. The van der Waals surface area contributed by atoms with Gasteiger partial charge in [-0.15, -0.1) is 0 Å². The van der Waals surface area contributed by atoms with Crippen molar-refractivity contribution in [1.29, 1.82) is 0 Å². The van der Waals surface area contributed by atoms with Crippen LogP contribution in [-0.2, 0) is 15.7 Å². The number of hydrogen-bond donors (Lipinski definition) is 2. The lowest BCUT2D eigenvalue weighted by atomic mass is 9.89. The fourth-order valence-electron chi connectivity index (χ4n) is 5.76. The number of anilines is 1. The molecule has 4 amide bonds. The third-order valence-corrected chi connectivity index (χ3v) is 8.65. The third-order valence-electron chi connectivity index (χ3n) is 7.64. The lowest BCUT2D eigenvalue weighted by Gasteiger charge is -2.44. The van der Waals surface area contributed by atoms with Gasteiger partial charge in [0.05, 0.1) is 5.56 Å². The van der Waals surface area contributed by atoms with Crippen molar-refractivity contribution in [3.8, 4) is 0 Å². The molecule has 3 aliphatic rings. The van der Waals surface area contributed by atoms with E-state index in [1.165, 1.54) is 0 Å². The molecule has 2 N–H and O–H groups in total. The number of hydrogen-bond acceptors (Lipinski definition) is 8.